The molecule has 1 heterocycles. The lowest BCUT2D eigenvalue weighted by atomic mass is 9.87. The fourth-order valence-corrected chi connectivity index (χ4v) is 2.74. The minimum absolute atomic E-state index is 0.450. The quantitative estimate of drug-likeness (QED) is 0.406. The summed E-state index contributed by atoms with van der Waals surface area (Å²) in [5.74, 6) is -1.76. The molecule has 1 fully saturated rings. The Hall–Kier alpha value is -0.460. The molecule has 0 saturated carbocycles. The standard InChI is InChI=1S/C8H16NO6P/c10-6(4-16(13,14)15)5-2-1-3-9-7(5)8(11)12/h5-7,9-10H,1-4H2,(H,11,12)(H2,13,14,15). The summed E-state index contributed by atoms with van der Waals surface area (Å²) in [6.07, 6.45) is -0.851. The highest BCUT2D eigenvalue weighted by atomic mass is 31.2. The van der Waals surface area contributed by atoms with E-state index in [-0.39, 0.29) is 0 Å². The maximum Gasteiger partial charge on any atom is 0.328 e. The summed E-state index contributed by atoms with van der Waals surface area (Å²) in [7, 11) is -4.32. The van der Waals surface area contributed by atoms with E-state index >= 15 is 0 Å². The van der Waals surface area contributed by atoms with E-state index in [1.807, 2.05) is 0 Å². The van der Waals surface area contributed by atoms with Crippen LogP contribution in [0.15, 0.2) is 0 Å². The predicted octanol–water partition coefficient (Wildman–Crippen LogP) is -1.02. The van der Waals surface area contributed by atoms with Gasteiger partial charge in [0, 0.05) is 5.92 Å². The Morgan fingerprint density at radius 2 is 2.12 bits per heavy atom. The second kappa shape index (κ2) is 5.25. The molecule has 1 aliphatic heterocycles. The maximum absolute atomic E-state index is 10.9. The van der Waals surface area contributed by atoms with E-state index in [2.05, 4.69) is 5.32 Å². The van der Waals surface area contributed by atoms with E-state index in [4.69, 9.17) is 14.9 Å². The zero-order chi connectivity index (χ0) is 12.3. The number of carboxylic acid groups (broad SMARTS) is 1. The van der Waals surface area contributed by atoms with Gasteiger partial charge >= 0.3 is 13.6 Å². The predicted molar refractivity (Wildman–Crippen MR) is 55.1 cm³/mol. The average molecular weight is 253 g/mol. The number of aliphatic hydroxyl groups excluding tert-OH is 1. The van der Waals surface area contributed by atoms with Gasteiger partial charge in [0.2, 0.25) is 0 Å². The molecule has 0 aromatic heterocycles. The van der Waals surface area contributed by atoms with Crippen LogP contribution in [0.25, 0.3) is 0 Å². The van der Waals surface area contributed by atoms with Crippen LogP contribution in [-0.2, 0) is 9.36 Å². The number of aliphatic hydroxyl groups is 1. The van der Waals surface area contributed by atoms with Gasteiger partial charge in [-0.3, -0.25) is 9.36 Å². The number of piperidine rings is 1. The summed E-state index contributed by atoms with van der Waals surface area (Å²) in [4.78, 5) is 28.3. The van der Waals surface area contributed by atoms with Gasteiger partial charge in [0.05, 0.1) is 12.3 Å². The SMILES string of the molecule is O=C(O)C1NCCCC1C(O)CP(=O)(O)O. The van der Waals surface area contributed by atoms with Gasteiger partial charge in [0.25, 0.3) is 0 Å². The van der Waals surface area contributed by atoms with Gasteiger partial charge in [-0.1, -0.05) is 0 Å². The van der Waals surface area contributed by atoms with Gasteiger partial charge in [-0.2, -0.15) is 0 Å². The topological polar surface area (TPSA) is 127 Å². The van der Waals surface area contributed by atoms with Gasteiger partial charge in [-0.15, -0.1) is 0 Å². The monoisotopic (exact) mass is 253 g/mol. The van der Waals surface area contributed by atoms with E-state index in [1.54, 1.807) is 0 Å². The van der Waals surface area contributed by atoms with Crippen LogP contribution in [0.1, 0.15) is 12.8 Å². The second-order valence-corrected chi connectivity index (χ2v) is 5.69. The van der Waals surface area contributed by atoms with E-state index in [1.165, 1.54) is 0 Å². The fourth-order valence-electron chi connectivity index (χ4n) is 1.98. The van der Waals surface area contributed by atoms with E-state index in [0.717, 1.165) is 0 Å². The minimum Gasteiger partial charge on any atom is -0.480 e. The smallest absolute Gasteiger partial charge is 0.328 e. The molecule has 8 heteroatoms. The van der Waals surface area contributed by atoms with Crippen molar-refractivity contribution in [2.24, 2.45) is 5.92 Å². The van der Waals surface area contributed by atoms with Crippen molar-refractivity contribution in [3.63, 3.8) is 0 Å². The molecule has 7 nitrogen and oxygen atoms in total. The zero-order valence-corrected chi connectivity index (χ0v) is 9.51. The molecule has 3 atom stereocenters. The van der Waals surface area contributed by atoms with Crippen LogP contribution in [0.3, 0.4) is 0 Å². The molecule has 0 bridgehead atoms. The molecule has 1 saturated heterocycles. The minimum atomic E-state index is -4.32. The van der Waals surface area contributed by atoms with Crippen molar-refractivity contribution < 1.29 is 29.4 Å². The summed E-state index contributed by atoms with van der Waals surface area (Å²) >= 11 is 0. The Balaban J connectivity index is 2.67. The van der Waals surface area contributed by atoms with Gasteiger partial charge in [-0.05, 0) is 19.4 Å². The molecular formula is C8H16NO6P. The summed E-state index contributed by atoms with van der Waals surface area (Å²) in [6, 6.07) is -0.935. The fraction of sp³-hybridized carbons (Fsp3) is 0.875. The van der Waals surface area contributed by atoms with Crippen LogP contribution >= 0.6 is 7.60 Å². The number of hydrogen-bond donors (Lipinski definition) is 5. The molecule has 5 N–H and O–H groups in total. The van der Waals surface area contributed by atoms with Gasteiger partial charge in [0.1, 0.15) is 6.04 Å². The van der Waals surface area contributed by atoms with Crippen LogP contribution < -0.4 is 5.32 Å². The van der Waals surface area contributed by atoms with Crippen LogP contribution in [0.5, 0.6) is 0 Å². The van der Waals surface area contributed by atoms with Crippen LogP contribution in [0.2, 0.25) is 0 Å². The number of carbonyl (C=O) groups is 1. The number of carboxylic acids is 1. The van der Waals surface area contributed by atoms with E-state index in [9.17, 15) is 14.5 Å². The number of hydrogen-bond acceptors (Lipinski definition) is 4. The van der Waals surface area contributed by atoms with Crippen LogP contribution in [-0.4, -0.2) is 50.8 Å². The molecule has 0 aromatic carbocycles. The first-order valence-electron chi connectivity index (χ1n) is 5.00. The molecule has 16 heavy (non-hydrogen) atoms. The molecule has 0 spiro atoms. The third-order valence-corrected chi connectivity index (χ3v) is 3.54. The molecule has 0 radical (unpaired) electrons. The number of aliphatic carboxylic acids is 1. The third-order valence-electron chi connectivity index (χ3n) is 2.69. The first kappa shape index (κ1) is 13.6. The van der Waals surface area contributed by atoms with Crippen LogP contribution in [0.4, 0.5) is 0 Å². The lowest BCUT2D eigenvalue weighted by Crippen LogP contribution is -2.51. The zero-order valence-electron chi connectivity index (χ0n) is 8.61. The molecule has 1 rings (SSSR count). The summed E-state index contributed by atoms with van der Waals surface area (Å²) < 4.78 is 10.7. The molecule has 0 aromatic rings. The molecule has 0 aliphatic carbocycles. The van der Waals surface area contributed by atoms with Crippen molar-refractivity contribution in [2.75, 3.05) is 12.7 Å². The summed E-state index contributed by atoms with van der Waals surface area (Å²) in [5.41, 5.74) is 0. The first-order chi connectivity index (χ1) is 7.31. The van der Waals surface area contributed by atoms with Gasteiger partial charge in [0.15, 0.2) is 0 Å². The normalized spacial score (nSPS) is 28.7. The number of rotatable bonds is 4. The van der Waals surface area contributed by atoms with Crippen molar-refractivity contribution in [1.82, 2.24) is 5.32 Å². The lowest BCUT2D eigenvalue weighted by Gasteiger charge is -2.33. The Labute approximate surface area is 92.6 Å². The highest BCUT2D eigenvalue weighted by Crippen LogP contribution is 2.37. The van der Waals surface area contributed by atoms with E-state index in [0.29, 0.717) is 19.4 Å². The third kappa shape index (κ3) is 3.84. The lowest BCUT2D eigenvalue weighted by molar-refractivity contribution is -0.143. The Morgan fingerprint density at radius 3 is 2.62 bits per heavy atom. The first-order valence-corrected chi connectivity index (χ1v) is 6.80. The van der Waals surface area contributed by atoms with Crippen molar-refractivity contribution >= 4 is 13.6 Å². The molecule has 0 amide bonds. The van der Waals surface area contributed by atoms with Crippen molar-refractivity contribution in [3.8, 4) is 0 Å². The van der Waals surface area contributed by atoms with Crippen molar-refractivity contribution in [3.05, 3.63) is 0 Å². The molecule has 3 unspecified atom stereocenters. The Morgan fingerprint density at radius 1 is 1.50 bits per heavy atom. The molecule has 94 valence electrons. The second-order valence-electron chi connectivity index (χ2n) is 3.99. The number of nitrogens with one attached hydrogen (secondary N) is 1. The van der Waals surface area contributed by atoms with Crippen molar-refractivity contribution in [2.45, 2.75) is 25.0 Å². The van der Waals surface area contributed by atoms with E-state index < -0.39 is 37.8 Å². The summed E-state index contributed by atoms with van der Waals surface area (Å²) in [5, 5.41) is 21.2. The highest BCUT2D eigenvalue weighted by molar-refractivity contribution is 7.51. The Kier molecular flexibility index (Phi) is 4.46. The van der Waals surface area contributed by atoms with Gasteiger partial charge < -0.3 is 25.3 Å². The molecule has 1 aliphatic rings. The largest absolute Gasteiger partial charge is 0.480 e. The molecular weight excluding hydrogens is 237 g/mol. The summed E-state index contributed by atoms with van der Waals surface area (Å²) in [6.45, 7) is 0.538. The average Bonchev–Trinajstić information content (AvgIpc) is 2.15. The Bertz CT molecular complexity index is 303. The highest BCUT2D eigenvalue weighted by Gasteiger charge is 2.37. The maximum atomic E-state index is 10.9. The van der Waals surface area contributed by atoms with Crippen LogP contribution in [0, 0.1) is 5.92 Å². The van der Waals surface area contributed by atoms with Crippen molar-refractivity contribution in [1.29, 1.82) is 0 Å². The van der Waals surface area contributed by atoms with Gasteiger partial charge in [-0.25, -0.2) is 0 Å².